The predicted octanol–water partition coefficient (Wildman–Crippen LogP) is 4.80. The Morgan fingerprint density at radius 1 is 1.15 bits per heavy atom. The minimum atomic E-state index is -1.13. The van der Waals surface area contributed by atoms with Crippen molar-refractivity contribution >= 4 is 52.2 Å². The third kappa shape index (κ3) is 7.57. The third-order valence-corrected chi connectivity index (χ3v) is 6.65. The number of unbranched alkanes of at least 4 members (excludes halogenated alkanes) is 4. The zero-order chi connectivity index (χ0) is 24.4. The van der Waals surface area contributed by atoms with Crippen molar-refractivity contribution in [3.8, 4) is 5.75 Å². The number of carboxylic acids is 1. The number of rotatable bonds is 13. The molecule has 9 heteroatoms. The minimum absolute atomic E-state index is 0.0901. The summed E-state index contributed by atoms with van der Waals surface area (Å²) in [5.74, 6) is -1.19. The lowest BCUT2D eigenvalue weighted by Crippen LogP contribution is -2.33. The first-order chi connectivity index (χ1) is 15.8. The average molecular weight is 493 g/mol. The molecular formula is C24H32N2O5S2. The molecule has 33 heavy (non-hydrogen) atoms. The van der Waals surface area contributed by atoms with Gasteiger partial charge >= 0.3 is 5.97 Å². The Morgan fingerprint density at radius 2 is 1.79 bits per heavy atom. The van der Waals surface area contributed by atoms with Gasteiger partial charge in [-0.15, -0.1) is 0 Å². The van der Waals surface area contributed by atoms with Crippen molar-refractivity contribution in [1.82, 2.24) is 9.80 Å². The summed E-state index contributed by atoms with van der Waals surface area (Å²) < 4.78 is 5.66. The van der Waals surface area contributed by atoms with Crippen LogP contribution in [0.3, 0.4) is 0 Å². The summed E-state index contributed by atoms with van der Waals surface area (Å²) in [6, 6.07) is 5.20. The Balaban J connectivity index is 2.31. The maximum absolute atomic E-state index is 13.5. The number of aliphatic carboxylic acids is 1. The summed E-state index contributed by atoms with van der Waals surface area (Å²) in [6.45, 7) is 5.18. The molecule has 1 heterocycles. The first-order valence-corrected chi connectivity index (χ1v) is 12.5. The van der Waals surface area contributed by atoms with Crippen LogP contribution in [0.15, 0.2) is 23.1 Å². The van der Waals surface area contributed by atoms with Crippen molar-refractivity contribution < 1.29 is 24.2 Å². The van der Waals surface area contributed by atoms with Crippen LogP contribution in [0.25, 0.3) is 6.08 Å². The van der Waals surface area contributed by atoms with Gasteiger partial charge in [0.25, 0.3) is 11.8 Å². The zero-order valence-corrected chi connectivity index (χ0v) is 21.1. The lowest BCUT2D eigenvalue weighted by Gasteiger charge is -2.24. The van der Waals surface area contributed by atoms with Gasteiger partial charge in [-0.1, -0.05) is 69.6 Å². The number of ether oxygens (including phenoxy) is 1. The van der Waals surface area contributed by atoms with Crippen LogP contribution >= 0.6 is 24.0 Å². The van der Waals surface area contributed by atoms with Crippen LogP contribution in [0.2, 0.25) is 0 Å². The monoisotopic (exact) mass is 492 g/mol. The number of methoxy groups -OCH3 is 1. The smallest absolute Gasteiger partial charge is 0.323 e. The molecule has 0 atom stereocenters. The molecule has 1 N–H and O–H groups in total. The van der Waals surface area contributed by atoms with Crippen molar-refractivity contribution in [3.63, 3.8) is 0 Å². The van der Waals surface area contributed by atoms with Crippen LogP contribution in [0.5, 0.6) is 5.75 Å². The van der Waals surface area contributed by atoms with Crippen molar-refractivity contribution in [2.24, 2.45) is 0 Å². The van der Waals surface area contributed by atoms with E-state index in [1.54, 1.807) is 24.3 Å². The number of benzene rings is 1. The van der Waals surface area contributed by atoms with E-state index in [0.717, 1.165) is 55.2 Å². The molecule has 1 aliphatic rings. The number of thiocarbonyl (C=S) groups is 1. The second-order valence-corrected chi connectivity index (χ2v) is 9.50. The van der Waals surface area contributed by atoms with Crippen LogP contribution in [0.1, 0.15) is 68.3 Å². The molecular weight excluding hydrogens is 460 g/mol. The Hall–Kier alpha value is -2.39. The van der Waals surface area contributed by atoms with Gasteiger partial charge in [-0.25, -0.2) is 0 Å². The number of carboxylic acid groups (broad SMARTS) is 1. The molecule has 2 rings (SSSR count). The van der Waals surface area contributed by atoms with Crippen LogP contribution < -0.4 is 4.74 Å². The SMILES string of the molecule is CCCCCN(CCCCC)C(=O)c1cc(/C=C2\SC(=S)N(CC(=O)O)C2=O)ccc1OC. The van der Waals surface area contributed by atoms with Crippen LogP contribution in [0.4, 0.5) is 0 Å². The van der Waals surface area contributed by atoms with E-state index in [9.17, 15) is 14.4 Å². The summed E-state index contributed by atoms with van der Waals surface area (Å²) in [5, 5.41) is 9.01. The molecule has 1 aromatic rings. The summed E-state index contributed by atoms with van der Waals surface area (Å²) in [5.41, 5.74) is 1.09. The van der Waals surface area contributed by atoms with E-state index in [4.69, 9.17) is 22.1 Å². The highest BCUT2D eigenvalue weighted by atomic mass is 32.2. The highest BCUT2D eigenvalue weighted by molar-refractivity contribution is 8.26. The Bertz CT molecular complexity index is 906. The summed E-state index contributed by atoms with van der Waals surface area (Å²) in [6.07, 6.45) is 7.81. The lowest BCUT2D eigenvalue weighted by molar-refractivity contribution is -0.140. The van der Waals surface area contributed by atoms with Crippen molar-refractivity contribution in [3.05, 3.63) is 34.2 Å². The second-order valence-electron chi connectivity index (χ2n) is 7.83. The quantitative estimate of drug-likeness (QED) is 0.240. The standard InChI is InChI=1S/C24H32N2O5S2/c1-4-6-8-12-25(13-9-7-5-2)22(29)18-14-17(10-11-19(18)31-3)15-20-23(30)26(16-21(27)28)24(32)33-20/h10-11,14-15H,4-9,12-13,16H2,1-3H3,(H,27,28)/b20-15-. The molecule has 1 aliphatic heterocycles. The normalized spacial score (nSPS) is 14.8. The molecule has 1 fully saturated rings. The topological polar surface area (TPSA) is 87.2 Å². The molecule has 0 radical (unpaired) electrons. The predicted molar refractivity (Wildman–Crippen MR) is 135 cm³/mol. The number of amides is 2. The summed E-state index contributed by atoms with van der Waals surface area (Å²) in [7, 11) is 1.53. The highest BCUT2D eigenvalue weighted by Crippen LogP contribution is 2.33. The molecule has 0 saturated carbocycles. The van der Waals surface area contributed by atoms with Gasteiger partial charge in [0.1, 0.15) is 16.6 Å². The van der Waals surface area contributed by atoms with Gasteiger partial charge < -0.3 is 14.7 Å². The summed E-state index contributed by atoms with van der Waals surface area (Å²) in [4.78, 5) is 40.3. The lowest BCUT2D eigenvalue weighted by atomic mass is 10.1. The van der Waals surface area contributed by atoms with E-state index in [2.05, 4.69) is 13.8 Å². The average Bonchev–Trinajstić information content (AvgIpc) is 3.04. The fourth-order valence-corrected chi connectivity index (χ4v) is 4.75. The number of carbonyl (C=O) groups is 3. The molecule has 180 valence electrons. The molecule has 0 spiro atoms. The molecule has 2 amide bonds. The molecule has 1 saturated heterocycles. The van der Waals surface area contributed by atoms with E-state index in [1.165, 1.54) is 7.11 Å². The Kier molecular flexibility index (Phi) is 10.9. The van der Waals surface area contributed by atoms with E-state index in [1.807, 2.05) is 4.90 Å². The van der Waals surface area contributed by atoms with Gasteiger partial charge in [-0.3, -0.25) is 19.3 Å². The summed E-state index contributed by atoms with van der Waals surface area (Å²) >= 11 is 6.21. The molecule has 0 bridgehead atoms. The van der Waals surface area contributed by atoms with Gasteiger partial charge in [-0.2, -0.15) is 0 Å². The molecule has 0 unspecified atom stereocenters. The zero-order valence-electron chi connectivity index (χ0n) is 19.5. The van der Waals surface area contributed by atoms with Gasteiger partial charge in [0.15, 0.2) is 0 Å². The van der Waals surface area contributed by atoms with Crippen LogP contribution in [0, 0.1) is 0 Å². The maximum Gasteiger partial charge on any atom is 0.323 e. The van der Waals surface area contributed by atoms with E-state index < -0.39 is 18.4 Å². The second kappa shape index (κ2) is 13.3. The third-order valence-electron chi connectivity index (χ3n) is 5.27. The van der Waals surface area contributed by atoms with Crippen LogP contribution in [-0.4, -0.2) is 63.8 Å². The molecule has 0 aliphatic carbocycles. The van der Waals surface area contributed by atoms with Gasteiger partial charge in [0.2, 0.25) is 0 Å². The van der Waals surface area contributed by atoms with Crippen molar-refractivity contribution in [1.29, 1.82) is 0 Å². The van der Waals surface area contributed by atoms with Crippen molar-refractivity contribution in [2.45, 2.75) is 52.4 Å². The Morgan fingerprint density at radius 3 is 2.33 bits per heavy atom. The fraction of sp³-hybridized carbons (Fsp3) is 0.500. The highest BCUT2D eigenvalue weighted by Gasteiger charge is 2.33. The first kappa shape index (κ1) is 26.9. The fourth-order valence-electron chi connectivity index (χ4n) is 3.50. The number of hydrogen-bond acceptors (Lipinski definition) is 6. The minimum Gasteiger partial charge on any atom is -0.496 e. The van der Waals surface area contributed by atoms with Gasteiger partial charge in [-0.05, 0) is 36.6 Å². The van der Waals surface area contributed by atoms with Gasteiger partial charge in [0, 0.05) is 13.1 Å². The number of carbonyl (C=O) groups excluding carboxylic acids is 2. The Labute approximate surface area is 205 Å². The number of nitrogens with zero attached hydrogens (tertiary/aromatic N) is 2. The molecule has 7 nitrogen and oxygen atoms in total. The van der Waals surface area contributed by atoms with Gasteiger partial charge in [0.05, 0.1) is 17.6 Å². The van der Waals surface area contributed by atoms with Crippen LogP contribution in [-0.2, 0) is 9.59 Å². The van der Waals surface area contributed by atoms with Crippen molar-refractivity contribution in [2.75, 3.05) is 26.7 Å². The molecule has 0 aromatic heterocycles. The largest absolute Gasteiger partial charge is 0.496 e. The molecule has 1 aromatic carbocycles. The van der Waals surface area contributed by atoms with E-state index >= 15 is 0 Å². The number of hydrogen-bond donors (Lipinski definition) is 1. The number of thioether (sulfide) groups is 1. The maximum atomic E-state index is 13.5. The first-order valence-electron chi connectivity index (χ1n) is 11.3. The van der Waals surface area contributed by atoms with E-state index in [0.29, 0.717) is 34.9 Å². The van der Waals surface area contributed by atoms with E-state index in [-0.39, 0.29) is 10.2 Å².